The van der Waals surface area contributed by atoms with Crippen LogP contribution in [-0.4, -0.2) is 188 Å². The number of aliphatic hydroxyl groups is 10. The maximum Gasteiger partial charge on any atom is 0.311 e. The molecule has 25 atom stereocenters. The van der Waals surface area contributed by atoms with E-state index in [1.54, 1.807) is 0 Å². The zero-order valence-corrected chi connectivity index (χ0v) is 40.5. The number of ether oxygens (including phenoxy) is 7. The van der Waals surface area contributed by atoms with Gasteiger partial charge in [-0.2, -0.15) is 0 Å². The van der Waals surface area contributed by atoms with Gasteiger partial charge < -0.3 is 89.0 Å². The molecule has 8 rings (SSSR count). The zero-order valence-electron chi connectivity index (χ0n) is 40.5. The largest absolute Gasteiger partial charge is 0.469 e. The Kier molecular flexibility index (Phi) is 14.6. The normalized spacial score (nSPS) is 54.8. The number of carbonyl (C=O) groups is 2. The van der Waals surface area contributed by atoms with Crippen LogP contribution < -0.4 is 0 Å². The van der Waals surface area contributed by atoms with Crippen LogP contribution in [0.3, 0.4) is 0 Å². The van der Waals surface area contributed by atoms with Gasteiger partial charge in [-0.05, 0) is 112 Å². The number of methoxy groups -OCH3 is 1. The number of carbonyl (C=O) groups excluding carboxylic acids is 2. The van der Waals surface area contributed by atoms with Crippen molar-refractivity contribution < 1.29 is 93.8 Å². The van der Waals surface area contributed by atoms with Crippen molar-refractivity contribution >= 4 is 12.3 Å². The standard InChI is InChI=1S/C49H78O19/c1-23-31(54)34(57)36(59)40(63-23)68-39-35(58)32(55)26(19-50)65-42(39)67-38-33(56)27(20-51)64-41(37(38)60)66-30-11-12-45(3)28(46(30,4)21-52)10-13-48(6)29(45)9-8-24-25-18-44(2,43(61)62-7)14-16-49(25,22-53)17-15-47(24,48)5/h8,22-23,25-42,50-52,54-60H,9-21H2,1-7H3/t23-,25-,26+,27-,28-,29+,30-,31-,32+,33-,34-,35-,36+,37-,38+,39+,40+,41-,42-,44-,45-,46-,47-,48+,49-/m1/s1. The number of aliphatic hydroxyl groups excluding tert-OH is 10. The highest BCUT2D eigenvalue weighted by atomic mass is 16.8. The van der Waals surface area contributed by atoms with E-state index in [-0.39, 0.29) is 46.6 Å². The van der Waals surface area contributed by atoms with Crippen LogP contribution in [0.15, 0.2) is 11.6 Å². The van der Waals surface area contributed by atoms with Gasteiger partial charge in [0.1, 0.15) is 73.4 Å². The van der Waals surface area contributed by atoms with Gasteiger partial charge in [-0.25, -0.2) is 0 Å². The molecule has 0 radical (unpaired) electrons. The first kappa shape index (κ1) is 52.6. The number of aldehydes is 1. The fourth-order valence-electron chi connectivity index (χ4n) is 15.2. The average Bonchev–Trinajstić information content (AvgIpc) is 3.32. The van der Waals surface area contributed by atoms with Gasteiger partial charge in [0.15, 0.2) is 18.9 Å². The molecule has 68 heavy (non-hydrogen) atoms. The second-order valence-electron chi connectivity index (χ2n) is 23.1. The van der Waals surface area contributed by atoms with E-state index < -0.39 is 128 Å². The highest BCUT2D eigenvalue weighted by Crippen LogP contribution is 2.76. The first-order valence-electron chi connectivity index (χ1n) is 24.7. The van der Waals surface area contributed by atoms with E-state index in [1.165, 1.54) is 19.6 Å². The quantitative estimate of drug-likeness (QED) is 0.0563. The first-order valence-corrected chi connectivity index (χ1v) is 24.7. The van der Waals surface area contributed by atoms with Crippen LogP contribution in [0, 0.1) is 50.2 Å². The SMILES string of the molecule is COC(=O)[C@]1(C)CC[C@]2(C=O)CC[C@]3(C)C(=CC[C@H]4[C@]5(C)CC[C@@H](O[C@H]6O[C@H](CO)[C@@H](O)[C@H](O[C@H]7O[C@@H](CO)[C@H](O)[C@@H](O)[C@@H]7O[C@@H]7O[C@H](C)[C@@H](O)[C@@H](O)[C@@H]7O)[C@H]6O)[C@](C)(CO)[C@@H]5CC[C@@]43C)[C@H]2C1. The third kappa shape index (κ3) is 8.00. The molecule has 0 amide bonds. The predicted molar refractivity (Wildman–Crippen MR) is 235 cm³/mol. The van der Waals surface area contributed by atoms with Crippen molar-refractivity contribution in [2.24, 2.45) is 50.2 Å². The first-order chi connectivity index (χ1) is 32.0. The van der Waals surface area contributed by atoms with Crippen LogP contribution in [-0.2, 0) is 42.7 Å². The van der Waals surface area contributed by atoms with E-state index in [0.29, 0.717) is 32.1 Å². The van der Waals surface area contributed by atoms with E-state index in [2.05, 4.69) is 26.8 Å². The summed E-state index contributed by atoms with van der Waals surface area (Å²) < 4.78 is 41.4. The fourth-order valence-corrected chi connectivity index (χ4v) is 15.2. The number of fused-ring (bicyclic) bond motifs is 7. The van der Waals surface area contributed by atoms with Crippen LogP contribution in [0.1, 0.15) is 106 Å². The maximum atomic E-state index is 13.2. The van der Waals surface area contributed by atoms with Crippen molar-refractivity contribution in [3.8, 4) is 0 Å². The van der Waals surface area contributed by atoms with Gasteiger partial charge in [0.05, 0.1) is 44.6 Å². The molecule has 0 aromatic carbocycles. The molecule has 0 aromatic heterocycles. The number of allylic oxidation sites excluding steroid dienone is 2. The van der Waals surface area contributed by atoms with Crippen LogP contribution in [0.25, 0.3) is 0 Å². The molecule has 0 aromatic rings. The molecule has 7 fully saturated rings. The molecular weight excluding hydrogens is 893 g/mol. The Morgan fingerprint density at radius 1 is 0.691 bits per heavy atom. The van der Waals surface area contributed by atoms with Crippen LogP contribution in [0.4, 0.5) is 0 Å². The maximum absolute atomic E-state index is 13.2. The Morgan fingerprint density at radius 3 is 1.97 bits per heavy atom. The third-order valence-corrected chi connectivity index (χ3v) is 19.8. The van der Waals surface area contributed by atoms with Crippen LogP contribution >= 0.6 is 0 Å². The molecule has 19 nitrogen and oxygen atoms in total. The second kappa shape index (κ2) is 18.9. The summed E-state index contributed by atoms with van der Waals surface area (Å²) >= 11 is 0. The number of hydrogen-bond donors (Lipinski definition) is 10. The topological polar surface area (TPSA) is 301 Å². The fraction of sp³-hybridized carbons (Fsp3) is 0.918. The van der Waals surface area contributed by atoms with Gasteiger partial charge in [0.25, 0.3) is 0 Å². The summed E-state index contributed by atoms with van der Waals surface area (Å²) in [7, 11) is 1.43. The lowest BCUT2D eigenvalue weighted by atomic mass is 9.33. The van der Waals surface area contributed by atoms with E-state index in [4.69, 9.17) is 33.2 Å². The summed E-state index contributed by atoms with van der Waals surface area (Å²) in [6, 6.07) is 0. The summed E-state index contributed by atoms with van der Waals surface area (Å²) in [4.78, 5) is 26.2. The van der Waals surface area contributed by atoms with Crippen molar-refractivity contribution in [1.29, 1.82) is 0 Å². The molecule has 388 valence electrons. The minimum atomic E-state index is -1.87. The summed E-state index contributed by atoms with van der Waals surface area (Å²) in [5.41, 5.74) is -1.52. The molecule has 4 saturated carbocycles. The average molecular weight is 971 g/mol. The van der Waals surface area contributed by atoms with Gasteiger partial charge in [0, 0.05) is 10.8 Å². The van der Waals surface area contributed by atoms with Crippen LogP contribution in [0.2, 0.25) is 0 Å². The lowest BCUT2D eigenvalue weighted by molar-refractivity contribution is -0.391. The number of rotatable bonds is 11. The molecule has 0 spiro atoms. The summed E-state index contributed by atoms with van der Waals surface area (Å²) in [5.74, 6) is -0.188. The Morgan fingerprint density at radius 2 is 1.32 bits per heavy atom. The molecule has 8 aliphatic rings. The molecule has 0 bridgehead atoms. The highest BCUT2D eigenvalue weighted by Gasteiger charge is 2.70. The van der Waals surface area contributed by atoms with Gasteiger partial charge in [-0.3, -0.25) is 4.79 Å². The summed E-state index contributed by atoms with van der Waals surface area (Å²) in [6.45, 7) is 10.7. The summed E-state index contributed by atoms with van der Waals surface area (Å²) in [5, 5.41) is 109. The molecule has 5 aliphatic carbocycles. The third-order valence-electron chi connectivity index (χ3n) is 19.8. The minimum absolute atomic E-state index is 0.0612. The minimum Gasteiger partial charge on any atom is -0.469 e. The molecule has 19 heteroatoms. The lowest BCUT2D eigenvalue weighted by Crippen LogP contribution is -2.68. The van der Waals surface area contributed by atoms with Gasteiger partial charge in [0.2, 0.25) is 0 Å². The van der Waals surface area contributed by atoms with E-state index in [1.807, 2.05) is 13.8 Å². The van der Waals surface area contributed by atoms with Gasteiger partial charge in [-0.1, -0.05) is 39.3 Å². The Balaban J connectivity index is 1.03. The smallest absolute Gasteiger partial charge is 0.311 e. The zero-order chi connectivity index (χ0) is 49.7. The monoisotopic (exact) mass is 971 g/mol. The van der Waals surface area contributed by atoms with Crippen molar-refractivity contribution in [1.82, 2.24) is 0 Å². The Labute approximate surface area is 398 Å². The summed E-state index contributed by atoms with van der Waals surface area (Å²) in [6.07, 6.45) is -14.7. The second-order valence-corrected chi connectivity index (χ2v) is 23.1. The highest BCUT2D eigenvalue weighted by molar-refractivity contribution is 5.77. The number of hydrogen-bond acceptors (Lipinski definition) is 19. The Bertz CT molecular complexity index is 1870. The van der Waals surface area contributed by atoms with Gasteiger partial charge >= 0.3 is 5.97 Å². The van der Waals surface area contributed by atoms with Crippen LogP contribution in [0.5, 0.6) is 0 Å². The lowest BCUT2D eigenvalue weighted by Gasteiger charge is -2.71. The van der Waals surface area contributed by atoms with Crippen molar-refractivity contribution in [3.63, 3.8) is 0 Å². The molecule has 3 saturated heterocycles. The molecule has 3 aliphatic heterocycles. The Hall–Kier alpha value is -1.76. The molecule has 10 N–H and O–H groups in total. The van der Waals surface area contributed by atoms with Gasteiger partial charge in [-0.15, -0.1) is 0 Å². The molecule has 0 unspecified atom stereocenters. The number of esters is 1. The van der Waals surface area contributed by atoms with E-state index in [0.717, 1.165) is 38.4 Å². The van der Waals surface area contributed by atoms with E-state index >= 15 is 0 Å². The van der Waals surface area contributed by atoms with E-state index in [9.17, 15) is 60.7 Å². The predicted octanol–water partition coefficient (Wildman–Crippen LogP) is -0.0264. The van der Waals surface area contributed by atoms with Crippen molar-refractivity contribution in [2.75, 3.05) is 26.9 Å². The van der Waals surface area contributed by atoms with Crippen molar-refractivity contribution in [3.05, 3.63) is 11.6 Å². The molecule has 3 heterocycles. The molecular formula is C49H78O19. The van der Waals surface area contributed by atoms with Crippen molar-refractivity contribution in [2.45, 2.75) is 204 Å².